The SMILES string of the molecule is CCN(C(=O)CC(C)CC(C)(C)C)C1CCCNC1. The van der Waals surface area contributed by atoms with Gasteiger partial charge in [0.15, 0.2) is 0 Å². The van der Waals surface area contributed by atoms with E-state index in [9.17, 15) is 4.79 Å². The molecule has 112 valence electrons. The molecule has 0 saturated carbocycles. The Morgan fingerprint density at radius 2 is 2.11 bits per heavy atom. The fourth-order valence-electron chi connectivity index (χ4n) is 3.27. The van der Waals surface area contributed by atoms with Crippen LogP contribution < -0.4 is 5.32 Å². The molecular formula is C16H32N2O. The van der Waals surface area contributed by atoms with E-state index >= 15 is 0 Å². The summed E-state index contributed by atoms with van der Waals surface area (Å²) in [4.78, 5) is 14.6. The Kier molecular flexibility index (Phi) is 6.31. The number of nitrogens with one attached hydrogen (secondary N) is 1. The molecule has 1 heterocycles. The van der Waals surface area contributed by atoms with Crippen LogP contribution in [0.15, 0.2) is 0 Å². The lowest BCUT2D eigenvalue weighted by Gasteiger charge is -2.35. The van der Waals surface area contributed by atoms with E-state index in [-0.39, 0.29) is 0 Å². The monoisotopic (exact) mass is 268 g/mol. The van der Waals surface area contributed by atoms with E-state index in [4.69, 9.17) is 0 Å². The molecule has 1 rings (SSSR count). The summed E-state index contributed by atoms with van der Waals surface area (Å²) in [6.07, 6.45) is 4.15. The predicted molar refractivity (Wildman–Crippen MR) is 81.1 cm³/mol. The summed E-state index contributed by atoms with van der Waals surface area (Å²) < 4.78 is 0. The minimum atomic E-state index is 0.309. The molecule has 0 bridgehead atoms. The zero-order valence-corrected chi connectivity index (χ0v) is 13.5. The first kappa shape index (κ1) is 16.5. The summed E-state index contributed by atoms with van der Waals surface area (Å²) in [6, 6.07) is 0.410. The van der Waals surface area contributed by atoms with E-state index in [0.29, 0.717) is 29.7 Å². The van der Waals surface area contributed by atoms with Crippen molar-refractivity contribution in [2.24, 2.45) is 11.3 Å². The van der Waals surface area contributed by atoms with Crippen molar-refractivity contribution in [2.45, 2.75) is 66.3 Å². The molecule has 0 aliphatic carbocycles. The van der Waals surface area contributed by atoms with E-state index in [2.05, 4.69) is 44.8 Å². The molecule has 1 saturated heterocycles. The van der Waals surface area contributed by atoms with Gasteiger partial charge in [-0.25, -0.2) is 0 Å². The number of carbonyl (C=O) groups excluding carboxylic acids is 1. The zero-order chi connectivity index (χ0) is 14.5. The quantitative estimate of drug-likeness (QED) is 0.831. The third-order valence-corrected chi connectivity index (χ3v) is 3.86. The van der Waals surface area contributed by atoms with Crippen molar-refractivity contribution in [2.75, 3.05) is 19.6 Å². The summed E-state index contributed by atoms with van der Waals surface area (Å²) in [5, 5.41) is 3.40. The largest absolute Gasteiger partial charge is 0.339 e. The Morgan fingerprint density at radius 1 is 1.42 bits per heavy atom. The summed E-state index contributed by atoms with van der Waals surface area (Å²) in [6.45, 7) is 13.9. The molecule has 1 N–H and O–H groups in total. The number of nitrogens with zero attached hydrogens (tertiary/aromatic N) is 1. The topological polar surface area (TPSA) is 32.3 Å². The highest BCUT2D eigenvalue weighted by atomic mass is 16.2. The number of hydrogen-bond donors (Lipinski definition) is 1. The van der Waals surface area contributed by atoms with Gasteiger partial charge in [0.05, 0.1) is 0 Å². The molecule has 1 amide bonds. The van der Waals surface area contributed by atoms with Crippen LogP contribution in [0, 0.1) is 11.3 Å². The standard InChI is InChI=1S/C16H32N2O/c1-6-18(14-8-7-9-17-12-14)15(19)10-13(2)11-16(3,4)5/h13-14,17H,6-12H2,1-5H3. The van der Waals surface area contributed by atoms with Crippen molar-refractivity contribution < 1.29 is 4.79 Å². The first-order chi connectivity index (χ1) is 8.83. The van der Waals surface area contributed by atoms with Crippen LogP contribution in [0.3, 0.4) is 0 Å². The molecule has 0 aromatic heterocycles. The predicted octanol–water partition coefficient (Wildman–Crippen LogP) is 3.05. The number of amides is 1. The van der Waals surface area contributed by atoms with E-state index in [1.807, 2.05) is 0 Å². The van der Waals surface area contributed by atoms with E-state index in [1.54, 1.807) is 0 Å². The van der Waals surface area contributed by atoms with Gasteiger partial charge >= 0.3 is 0 Å². The zero-order valence-electron chi connectivity index (χ0n) is 13.5. The maximum Gasteiger partial charge on any atom is 0.223 e. The number of hydrogen-bond acceptors (Lipinski definition) is 2. The average molecular weight is 268 g/mol. The van der Waals surface area contributed by atoms with E-state index in [0.717, 1.165) is 32.5 Å². The van der Waals surface area contributed by atoms with Crippen LogP contribution in [-0.4, -0.2) is 36.5 Å². The van der Waals surface area contributed by atoms with Gasteiger partial charge in [-0.05, 0) is 44.1 Å². The minimum Gasteiger partial charge on any atom is -0.339 e. The molecule has 0 aromatic rings. The number of carbonyl (C=O) groups is 1. The van der Waals surface area contributed by atoms with Crippen LogP contribution in [-0.2, 0) is 4.79 Å². The first-order valence-corrected chi connectivity index (χ1v) is 7.83. The fourth-order valence-corrected chi connectivity index (χ4v) is 3.27. The smallest absolute Gasteiger partial charge is 0.223 e. The Hall–Kier alpha value is -0.570. The maximum atomic E-state index is 12.5. The van der Waals surface area contributed by atoms with Crippen molar-refractivity contribution >= 4 is 5.91 Å². The van der Waals surface area contributed by atoms with Gasteiger partial charge in [0.25, 0.3) is 0 Å². The van der Waals surface area contributed by atoms with Crippen molar-refractivity contribution in [1.82, 2.24) is 10.2 Å². The van der Waals surface area contributed by atoms with E-state index < -0.39 is 0 Å². The molecular weight excluding hydrogens is 236 g/mol. The molecule has 0 radical (unpaired) electrons. The second kappa shape index (κ2) is 7.28. The molecule has 0 spiro atoms. The molecule has 1 aliphatic heterocycles. The Balaban J connectivity index is 2.49. The Labute approximate surface area is 119 Å². The van der Waals surface area contributed by atoms with Crippen LogP contribution in [0.2, 0.25) is 0 Å². The van der Waals surface area contributed by atoms with Gasteiger partial charge in [-0.3, -0.25) is 4.79 Å². The maximum absolute atomic E-state index is 12.5. The average Bonchev–Trinajstić information content (AvgIpc) is 2.28. The highest BCUT2D eigenvalue weighted by Crippen LogP contribution is 2.26. The molecule has 1 fully saturated rings. The van der Waals surface area contributed by atoms with Gasteiger partial charge in [0.2, 0.25) is 5.91 Å². The van der Waals surface area contributed by atoms with Crippen molar-refractivity contribution in [3.63, 3.8) is 0 Å². The highest BCUT2D eigenvalue weighted by Gasteiger charge is 2.26. The molecule has 19 heavy (non-hydrogen) atoms. The number of rotatable bonds is 5. The molecule has 1 aliphatic rings. The summed E-state index contributed by atoms with van der Waals surface area (Å²) >= 11 is 0. The molecule has 0 aromatic carbocycles. The van der Waals surface area contributed by atoms with Gasteiger partial charge in [-0.2, -0.15) is 0 Å². The van der Waals surface area contributed by atoms with Crippen molar-refractivity contribution in [3.8, 4) is 0 Å². The summed E-state index contributed by atoms with van der Waals surface area (Å²) in [5.74, 6) is 0.811. The van der Waals surface area contributed by atoms with Crippen LogP contribution >= 0.6 is 0 Å². The number of likely N-dealkylation sites (N-methyl/N-ethyl adjacent to an activating group) is 1. The Morgan fingerprint density at radius 3 is 2.58 bits per heavy atom. The molecule has 3 heteroatoms. The van der Waals surface area contributed by atoms with Gasteiger partial charge in [-0.15, -0.1) is 0 Å². The fraction of sp³-hybridized carbons (Fsp3) is 0.938. The van der Waals surface area contributed by atoms with Crippen LogP contribution in [0.1, 0.15) is 60.3 Å². The normalized spacial score (nSPS) is 22.1. The van der Waals surface area contributed by atoms with Crippen LogP contribution in [0.25, 0.3) is 0 Å². The van der Waals surface area contributed by atoms with Gasteiger partial charge in [0.1, 0.15) is 0 Å². The van der Waals surface area contributed by atoms with Crippen molar-refractivity contribution in [1.29, 1.82) is 0 Å². The Bertz CT molecular complexity index is 277. The van der Waals surface area contributed by atoms with Crippen molar-refractivity contribution in [3.05, 3.63) is 0 Å². The lowest BCUT2D eigenvalue weighted by Crippen LogP contribution is -2.48. The molecule has 3 nitrogen and oxygen atoms in total. The first-order valence-electron chi connectivity index (χ1n) is 7.83. The van der Waals surface area contributed by atoms with E-state index in [1.165, 1.54) is 6.42 Å². The van der Waals surface area contributed by atoms with Gasteiger partial charge in [-0.1, -0.05) is 27.7 Å². The third kappa shape index (κ3) is 5.94. The lowest BCUT2D eigenvalue weighted by atomic mass is 9.84. The second-order valence-electron chi connectivity index (χ2n) is 7.25. The van der Waals surface area contributed by atoms with Gasteiger partial charge in [0, 0.05) is 25.6 Å². The van der Waals surface area contributed by atoms with Gasteiger partial charge < -0.3 is 10.2 Å². The lowest BCUT2D eigenvalue weighted by molar-refractivity contribution is -0.134. The molecule has 2 atom stereocenters. The summed E-state index contributed by atoms with van der Waals surface area (Å²) in [5.41, 5.74) is 0.309. The third-order valence-electron chi connectivity index (χ3n) is 3.86. The summed E-state index contributed by atoms with van der Waals surface area (Å²) in [7, 11) is 0. The van der Waals surface area contributed by atoms with Crippen LogP contribution in [0.5, 0.6) is 0 Å². The molecule has 2 unspecified atom stereocenters. The highest BCUT2D eigenvalue weighted by molar-refractivity contribution is 5.76. The second-order valence-corrected chi connectivity index (χ2v) is 7.25. The minimum absolute atomic E-state index is 0.309. The van der Waals surface area contributed by atoms with Crippen LogP contribution in [0.4, 0.5) is 0 Å². The number of piperidine rings is 1.